The van der Waals surface area contributed by atoms with Gasteiger partial charge in [-0.2, -0.15) is 0 Å². The first-order chi connectivity index (χ1) is 20.3. The Labute approximate surface area is 248 Å². The third-order valence-corrected chi connectivity index (χ3v) is 9.46. The molecule has 2 aliphatic rings. The van der Waals surface area contributed by atoms with E-state index in [9.17, 15) is 13.2 Å². The van der Waals surface area contributed by atoms with E-state index in [1.165, 1.54) is 0 Å². The van der Waals surface area contributed by atoms with E-state index in [4.69, 9.17) is 14.2 Å². The lowest BCUT2D eigenvalue weighted by atomic mass is 10.1. The minimum atomic E-state index is -3.55. The third-order valence-electron chi connectivity index (χ3n) is 7.68. The molecule has 0 bridgehead atoms. The summed E-state index contributed by atoms with van der Waals surface area (Å²) >= 11 is 0. The highest BCUT2D eigenvalue weighted by atomic mass is 32.2. The first-order valence-electron chi connectivity index (χ1n) is 14.4. The van der Waals surface area contributed by atoms with E-state index < -0.39 is 9.84 Å². The number of amides is 1. The van der Waals surface area contributed by atoms with Crippen molar-refractivity contribution >= 4 is 27.5 Å². The summed E-state index contributed by atoms with van der Waals surface area (Å²) in [5.74, 6) is 0.868. The molecule has 2 heterocycles. The van der Waals surface area contributed by atoms with Crippen LogP contribution in [0, 0.1) is 0 Å². The molecule has 0 unspecified atom stereocenters. The highest BCUT2D eigenvalue weighted by Gasteiger charge is 2.25. The summed E-state index contributed by atoms with van der Waals surface area (Å²) in [6, 6.07) is 20.9. The Balaban J connectivity index is 1.25. The van der Waals surface area contributed by atoms with Crippen LogP contribution in [0.3, 0.4) is 0 Å². The highest BCUT2D eigenvalue weighted by Crippen LogP contribution is 2.30. The number of hydrogen-bond donors (Lipinski definition) is 1. The lowest BCUT2D eigenvalue weighted by Crippen LogP contribution is -2.36. The van der Waals surface area contributed by atoms with Gasteiger partial charge in [-0.25, -0.2) is 8.42 Å². The van der Waals surface area contributed by atoms with E-state index >= 15 is 0 Å². The molecule has 0 radical (unpaired) electrons. The molecule has 1 N–H and O–H groups in total. The summed E-state index contributed by atoms with van der Waals surface area (Å²) < 4.78 is 42.9. The van der Waals surface area contributed by atoms with E-state index in [0.29, 0.717) is 41.8 Å². The number of anilines is 1. The van der Waals surface area contributed by atoms with Gasteiger partial charge in [0.25, 0.3) is 5.91 Å². The number of carbonyl (C=O) groups is 1. The van der Waals surface area contributed by atoms with E-state index in [1.54, 1.807) is 24.3 Å². The summed E-state index contributed by atoms with van der Waals surface area (Å²) in [7, 11) is -1.42. The first-order valence-corrected chi connectivity index (χ1v) is 16.1. The Hall–Kier alpha value is -3.66. The average molecular weight is 591 g/mol. The second kappa shape index (κ2) is 13.5. The maximum Gasteiger partial charge on any atom is 0.251 e. The van der Waals surface area contributed by atoms with Crippen LogP contribution in [0.25, 0.3) is 6.08 Å². The number of nitrogens with zero attached hydrogens (tertiary/aromatic N) is 1. The number of nitrogens with one attached hydrogen (secondary N) is 1. The summed E-state index contributed by atoms with van der Waals surface area (Å²) in [6.45, 7) is 5.28. The molecule has 8 nitrogen and oxygen atoms in total. The lowest BCUT2D eigenvalue weighted by molar-refractivity contribution is -0.112. The zero-order chi connectivity index (χ0) is 29.5. The third kappa shape index (κ3) is 7.59. The summed E-state index contributed by atoms with van der Waals surface area (Å²) in [5.41, 5.74) is 3.64. The molecule has 1 fully saturated rings. The van der Waals surface area contributed by atoms with Crippen molar-refractivity contribution in [2.24, 2.45) is 0 Å². The smallest absolute Gasteiger partial charge is 0.251 e. The van der Waals surface area contributed by atoms with Crippen LogP contribution in [0.1, 0.15) is 42.9 Å². The minimum absolute atomic E-state index is 0.124. The maximum atomic E-state index is 13.2. The predicted molar refractivity (Wildman–Crippen MR) is 163 cm³/mol. The van der Waals surface area contributed by atoms with Crippen molar-refractivity contribution < 1.29 is 27.4 Å². The van der Waals surface area contributed by atoms with Crippen molar-refractivity contribution in [1.82, 2.24) is 4.90 Å². The van der Waals surface area contributed by atoms with Crippen molar-refractivity contribution in [3.05, 3.63) is 89.0 Å². The van der Waals surface area contributed by atoms with Gasteiger partial charge in [0.2, 0.25) is 0 Å². The maximum absolute atomic E-state index is 13.2. The molecule has 1 saturated heterocycles. The standard InChI is InChI=1S/C33H38N2O6S/c1-3-40-30-10-6-25(7-11-30)23-41-31-12-13-32-27(21-31)20-26(16-19-42(32,37)38)33(36)34-28-8-4-24(5-9-28)22-35(2)29-14-17-39-18-15-29/h4-13,20-21,29H,3,14-19,22-23H2,1-2H3,(H,34,36). The average Bonchev–Trinajstić information content (AvgIpc) is 3.13. The number of benzene rings is 3. The van der Waals surface area contributed by atoms with Crippen LogP contribution >= 0.6 is 0 Å². The fourth-order valence-electron chi connectivity index (χ4n) is 5.27. The molecule has 0 saturated carbocycles. The number of ether oxygens (including phenoxy) is 3. The normalized spacial score (nSPS) is 16.7. The van der Waals surface area contributed by atoms with Gasteiger partial charge in [-0.15, -0.1) is 0 Å². The van der Waals surface area contributed by atoms with Gasteiger partial charge in [0.05, 0.1) is 17.3 Å². The predicted octanol–water partition coefficient (Wildman–Crippen LogP) is 5.47. The van der Waals surface area contributed by atoms with Crippen LogP contribution < -0.4 is 14.8 Å². The first kappa shape index (κ1) is 29.8. The SMILES string of the molecule is CCOc1ccc(COc2ccc3c(c2)C=C(C(=O)Nc2ccc(CN(C)C4CCOCC4)cc2)CCS3(=O)=O)cc1. The second-order valence-corrected chi connectivity index (χ2v) is 12.8. The Morgan fingerprint density at radius 1 is 0.952 bits per heavy atom. The van der Waals surface area contributed by atoms with Gasteiger partial charge < -0.3 is 19.5 Å². The fourth-order valence-corrected chi connectivity index (χ4v) is 6.73. The number of hydrogen-bond acceptors (Lipinski definition) is 7. The second-order valence-electron chi connectivity index (χ2n) is 10.7. The lowest BCUT2D eigenvalue weighted by Gasteiger charge is -2.31. The van der Waals surface area contributed by atoms with E-state index in [1.807, 2.05) is 55.5 Å². The molecule has 0 aliphatic carbocycles. The molecule has 42 heavy (non-hydrogen) atoms. The van der Waals surface area contributed by atoms with Gasteiger partial charge in [0.15, 0.2) is 9.84 Å². The monoisotopic (exact) mass is 590 g/mol. The van der Waals surface area contributed by atoms with Crippen molar-refractivity contribution in [3.8, 4) is 11.5 Å². The fraction of sp³-hybridized carbons (Fsp3) is 0.364. The van der Waals surface area contributed by atoms with E-state index in [0.717, 1.165) is 49.5 Å². The number of rotatable bonds is 10. The van der Waals surface area contributed by atoms with Gasteiger partial charge >= 0.3 is 0 Å². The molecule has 1 amide bonds. The van der Waals surface area contributed by atoms with Crippen molar-refractivity contribution in [2.75, 3.05) is 37.9 Å². The molecule has 9 heteroatoms. The molecule has 222 valence electrons. The van der Waals surface area contributed by atoms with Crippen LogP contribution in [-0.4, -0.2) is 57.9 Å². The highest BCUT2D eigenvalue weighted by molar-refractivity contribution is 7.91. The van der Waals surface area contributed by atoms with Gasteiger partial charge in [0, 0.05) is 37.1 Å². The van der Waals surface area contributed by atoms with Gasteiger partial charge in [-0.1, -0.05) is 24.3 Å². The summed E-state index contributed by atoms with van der Waals surface area (Å²) in [5, 5.41) is 2.94. The van der Waals surface area contributed by atoms with Crippen LogP contribution in [-0.2, 0) is 32.5 Å². The van der Waals surface area contributed by atoms with Crippen LogP contribution in [0.15, 0.2) is 77.2 Å². The summed E-state index contributed by atoms with van der Waals surface area (Å²) in [4.78, 5) is 15.8. The molecule has 3 aromatic rings. The molecule has 0 aromatic heterocycles. The molecule has 0 spiro atoms. The Morgan fingerprint density at radius 2 is 1.64 bits per heavy atom. The zero-order valence-corrected chi connectivity index (χ0v) is 25.0. The number of carbonyl (C=O) groups excluding carboxylic acids is 1. The molecule has 0 atom stereocenters. The molecule has 3 aromatic carbocycles. The topological polar surface area (TPSA) is 94.2 Å². The molecule has 2 aliphatic heterocycles. The van der Waals surface area contributed by atoms with E-state index in [-0.39, 0.29) is 23.0 Å². The largest absolute Gasteiger partial charge is 0.494 e. The van der Waals surface area contributed by atoms with Crippen LogP contribution in [0.4, 0.5) is 5.69 Å². The number of sulfone groups is 1. The van der Waals surface area contributed by atoms with Crippen molar-refractivity contribution in [2.45, 2.75) is 50.3 Å². The summed E-state index contributed by atoms with van der Waals surface area (Å²) in [6.07, 6.45) is 3.86. The minimum Gasteiger partial charge on any atom is -0.494 e. The Bertz CT molecular complexity index is 1510. The van der Waals surface area contributed by atoms with Gasteiger partial charge in [-0.3, -0.25) is 9.69 Å². The quantitative estimate of drug-likeness (QED) is 0.335. The van der Waals surface area contributed by atoms with Gasteiger partial charge in [-0.05, 0) is 98.5 Å². The Morgan fingerprint density at radius 3 is 2.36 bits per heavy atom. The zero-order valence-electron chi connectivity index (χ0n) is 24.2. The van der Waals surface area contributed by atoms with Crippen molar-refractivity contribution in [1.29, 1.82) is 0 Å². The van der Waals surface area contributed by atoms with Crippen molar-refractivity contribution in [3.63, 3.8) is 0 Å². The number of fused-ring (bicyclic) bond motifs is 1. The molecular formula is C33H38N2O6S. The van der Waals surface area contributed by atoms with Crippen LogP contribution in [0.2, 0.25) is 0 Å². The van der Waals surface area contributed by atoms with E-state index in [2.05, 4.69) is 17.3 Å². The molecule has 5 rings (SSSR count). The van der Waals surface area contributed by atoms with Gasteiger partial charge in [0.1, 0.15) is 18.1 Å². The van der Waals surface area contributed by atoms with Crippen LogP contribution in [0.5, 0.6) is 11.5 Å². The molecular weight excluding hydrogens is 552 g/mol. The Kier molecular flexibility index (Phi) is 9.62.